The fourth-order valence-electron chi connectivity index (χ4n) is 1.75. The maximum absolute atomic E-state index is 13.4. The number of pyridine rings is 1. The number of fused-ring (bicyclic) bond motifs is 1. The number of H-pyrrole nitrogens is 1. The van der Waals surface area contributed by atoms with E-state index in [-0.39, 0.29) is 11.0 Å². The molecule has 2 heterocycles. The standard InChI is InChI=1S/C13H8FNO2/c14-10-3-1-2-8-6-12(17-13(8)10)11-7-9(16)4-5-15-11/h1-7H,(H,15,16). The van der Waals surface area contributed by atoms with Crippen LogP contribution in [0.2, 0.25) is 0 Å². The van der Waals surface area contributed by atoms with Crippen LogP contribution in [0.5, 0.6) is 0 Å². The van der Waals surface area contributed by atoms with Gasteiger partial charge >= 0.3 is 0 Å². The molecule has 0 radical (unpaired) electrons. The van der Waals surface area contributed by atoms with Crippen molar-refractivity contribution in [2.24, 2.45) is 0 Å². The molecule has 0 amide bonds. The molecule has 0 fully saturated rings. The van der Waals surface area contributed by atoms with Gasteiger partial charge in [-0.25, -0.2) is 4.39 Å². The number of hydrogen-bond donors (Lipinski definition) is 1. The Hall–Kier alpha value is -2.36. The van der Waals surface area contributed by atoms with E-state index < -0.39 is 5.82 Å². The predicted octanol–water partition coefficient (Wildman–Crippen LogP) is 2.93. The molecule has 0 atom stereocenters. The summed E-state index contributed by atoms with van der Waals surface area (Å²) in [6.07, 6.45) is 1.53. The van der Waals surface area contributed by atoms with Gasteiger partial charge in [0.1, 0.15) is 0 Å². The Morgan fingerprint density at radius 3 is 2.82 bits per heavy atom. The van der Waals surface area contributed by atoms with E-state index in [1.807, 2.05) is 0 Å². The van der Waals surface area contributed by atoms with Crippen molar-refractivity contribution in [1.82, 2.24) is 4.98 Å². The van der Waals surface area contributed by atoms with E-state index in [9.17, 15) is 9.18 Å². The first kappa shape index (κ1) is 9.84. The molecule has 0 aliphatic carbocycles. The number of halogens is 1. The van der Waals surface area contributed by atoms with Crippen LogP contribution in [-0.4, -0.2) is 4.98 Å². The molecule has 84 valence electrons. The minimum absolute atomic E-state index is 0.125. The minimum Gasteiger partial charge on any atom is -0.451 e. The van der Waals surface area contributed by atoms with Crippen molar-refractivity contribution >= 4 is 11.0 Å². The molecule has 2 aromatic heterocycles. The average molecular weight is 229 g/mol. The third-order valence-corrected chi connectivity index (χ3v) is 2.53. The van der Waals surface area contributed by atoms with Gasteiger partial charge in [-0.2, -0.15) is 0 Å². The Kier molecular flexibility index (Phi) is 2.08. The largest absolute Gasteiger partial charge is 0.451 e. The van der Waals surface area contributed by atoms with Gasteiger partial charge in [0, 0.05) is 23.7 Å². The normalized spacial score (nSPS) is 10.9. The van der Waals surface area contributed by atoms with Crippen LogP contribution in [-0.2, 0) is 0 Å². The van der Waals surface area contributed by atoms with Crippen LogP contribution >= 0.6 is 0 Å². The van der Waals surface area contributed by atoms with Crippen LogP contribution in [0.3, 0.4) is 0 Å². The maximum atomic E-state index is 13.4. The van der Waals surface area contributed by atoms with Crippen molar-refractivity contribution in [3.05, 3.63) is 58.6 Å². The lowest BCUT2D eigenvalue weighted by Crippen LogP contribution is -1.97. The van der Waals surface area contributed by atoms with E-state index in [1.165, 1.54) is 24.4 Å². The van der Waals surface area contributed by atoms with Crippen molar-refractivity contribution in [3.8, 4) is 11.5 Å². The van der Waals surface area contributed by atoms with E-state index >= 15 is 0 Å². The van der Waals surface area contributed by atoms with E-state index in [0.29, 0.717) is 16.8 Å². The molecule has 0 unspecified atom stereocenters. The van der Waals surface area contributed by atoms with Gasteiger partial charge in [0.05, 0.1) is 5.69 Å². The van der Waals surface area contributed by atoms with E-state index in [1.54, 1.807) is 18.2 Å². The van der Waals surface area contributed by atoms with E-state index in [0.717, 1.165) is 0 Å². The third-order valence-electron chi connectivity index (χ3n) is 2.53. The molecule has 0 aliphatic rings. The van der Waals surface area contributed by atoms with Gasteiger partial charge in [0.2, 0.25) is 0 Å². The highest BCUT2D eigenvalue weighted by Gasteiger charge is 2.09. The smallest absolute Gasteiger partial charge is 0.182 e. The van der Waals surface area contributed by atoms with Crippen LogP contribution in [0.4, 0.5) is 4.39 Å². The Morgan fingerprint density at radius 2 is 2.06 bits per heavy atom. The van der Waals surface area contributed by atoms with Crippen LogP contribution in [0.1, 0.15) is 0 Å². The Labute approximate surface area is 95.5 Å². The zero-order valence-electron chi connectivity index (χ0n) is 8.74. The van der Waals surface area contributed by atoms with Gasteiger partial charge in [-0.1, -0.05) is 12.1 Å². The molecule has 3 aromatic rings. The van der Waals surface area contributed by atoms with Gasteiger partial charge in [-0.15, -0.1) is 0 Å². The lowest BCUT2D eigenvalue weighted by Gasteiger charge is -1.94. The summed E-state index contributed by atoms with van der Waals surface area (Å²) in [4.78, 5) is 14.1. The summed E-state index contributed by atoms with van der Waals surface area (Å²) in [7, 11) is 0. The first-order chi connectivity index (χ1) is 8.24. The zero-order valence-corrected chi connectivity index (χ0v) is 8.74. The number of nitrogens with one attached hydrogen (secondary N) is 1. The van der Waals surface area contributed by atoms with Crippen LogP contribution in [0.15, 0.2) is 51.8 Å². The molecule has 3 nitrogen and oxygen atoms in total. The Morgan fingerprint density at radius 1 is 1.18 bits per heavy atom. The molecule has 17 heavy (non-hydrogen) atoms. The molecule has 4 heteroatoms. The molecule has 0 bridgehead atoms. The molecule has 3 rings (SSSR count). The number of furan rings is 1. The van der Waals surface area contributed by atoms with Crippen LogP contribution < -0.4 is 5.43 Å². The number of rotatable bonds is 1. The first-order valence-electron chi connectivity index (χ1n) is 5.11. The Balaban J connectivity index is 2.25. The van der Waals surface area contributed by atoms with Gasteiger partial charge in [-0.05, 0) is 12.1 Å². The summed E-state index contributed by atoms with van der Waals surface area (Å²) in [5, 5.41) is 0.671. The molecule has 0 spiro atoms. The summed E-state index contributed by atoms with van der Waals surface area (Å²) in [6, 6.07) is 9.23. The van der Waals surface area contributed by atoms with Crippen LogP contribution in [0.25, 0.3) is 22.4 Å². The molecule has 0 saturated heterocycles. The minimum atomic E-state index is -0.410. The predicted molar refractivity (Wildman–Crippen MR) is 62.2 cm³/mol. The van der Waals surface area contributed by atoms with Crippen molar-refractivity contribution in [3.63, 3.8) is 0 Å². The fraction of sp³-hybridized carbons (Fsp3) is 0. The average Bonchev–Trinajstić information content (AvgIpc) is 2.74. The Bertz CT molecular complexity index is 742. The zero-order chi connectivity index (χ0) is 11.8. The highest BCUT2D eigenvalue weighted by molar-refractivity contribution is 5.82. The van der Waals surface area contributed by atoms with Gasteiger partial charge < -0.3 is 9.40 Å². The lowest BCUT2D eigenvalue weighted by atomic mass is 10.2. The highest BCUT2D eigenvalue weighted by Crippen LogP contribution is 2.27. The highest BCUT2D eigenvalue weighted by atomic mass is 19.1. The molecular weight excluding hydrogens is 221 g/mol. The molecule has 0 aliphatic heterocycles. The summed E-state index contributed by atoms with van der Waals surface area (Å²) < 4.78 is 18.8. The topological polar surface area (TPSA) is 46.0 Å². The number of benzene rings is 1. The van der Waals surface area contributed by atoms with Crippen LogP contribution in [0, 0.1) is 5.82 Å². The second-order valence-electron chi connectivity index (χ2n) is 3.71. The van der Waals surface area contributed by atoms with Gasteiger partial charge in [-0.3, -0.25) is 4.79 Å². The monoisotopic (exact) mass is 229 g/mol. The van der Waals surface area contributed by atoms with Gasteiger partial charge in [0.15, 0.2) is 22.6 Å². The molecule has 0 saturated carbocycles. The van der Waals surface area contributed by atoms with Crippen molar-refractivity contribution in [2.75, 3.05) is 0 Å². The number of para-hydroxylation sites is 1. The van der Waals surface area contributed by atoms with Crippen molar-refractivity contribution in [2.45, 2.75) is 0 Å². The van der Waals surface area contributed by atoms with Gasteiger partial charge in [0.25, 0.3) is 0 Å². The fourth-order valence-corrected chi connectivity index (χ4v) is 1.75. The number of aromatic amines is 1. The third kappa shape index (κ3) is 1.63. The summed E-state index contributed by atoms with van der Waals surface area (Å²) in [6.45, 7) is 0. The summed E-state index contributed by atoms with van der Waals surface area (Å²) in [5.41, 5.74) is 0.611. The second-order valence-corrected chi connectivity index (χ2v) is 3.71. The first-order valence-corrected chi connectivity index (χ1v) is 5.11. The number of hydrogen-bond acceptors (Lipinski definition) is 2. The summed E-state index contributed by atoms with van der Waals surface area (Å²) in [5.74, 6) is 0.0369. The van der Waals surface area contributed by atoms with Crippen molar-refractivity contribution < 1.29 is 8.81 Å². The maximum Gasteiger partial charge on any atom is 0.182 e. The van der Waals surface area contributed by atoms with Crippen molar-refractivity contribution in [1.29, 1.82) is 0 Å². The van der Waals surface area contributed by atoms with E-state index in [4.69, 9.17) is 4.42 Å². The second kappa shape index (κ2) is 3.59. The molecule has 1 aromatic carbocycles. The SMILES string of the molecule is O=c1cc[nH]c(-c2cc3cccc(F)c3o2)c1. The quantitative estimate of drug-likeness (QED) is 0.697. The molecular formula is C13H8FNO2. The van der Waals surface area contributed by atoms with E-state index in [2.05, 4.69) is 4.98 Å². The summed E-state index contributed by atoms with van der Waals surface area (Å²) >= 11 is 0. The lowest BCUT2D eigenvalue weighted by molar-refractivity contribution is 0.567. The number of aromatic nitrogens is 1. The molecule has 1 N–H and O–H groups in total.